The van der Waals surface area contributed by atoms with Gasteiger partial charge in [-0.25, -0.2) is 0 Å². The first-order chi connectivity index (χ1) is 5.65. The largest absolute Gasteiger partial charge is 0.396 e. The first kappa shape index (κ1) is 10.0. The summed E-state index contributed by atoms with van der Waals surface area (Å²) in [6.45, 7) is 5.72. The third-order valence-corrected chi connectivity index (χ3v) is 2.91. The molecule has 0 bridgehead atoms. The molecule has 1 fully saturated rings. The van der Waals surface area contributed by atoms with Crippen LogP contribution in [-0.4, -0.2) is 36.2 Å². The van der Waals surface area contributed by atoms with E-state index in [4.69, 9.17) is 5.11 Å². The zero-order chi connectivity index (χ0) is 9.14. The van der Waals surface area contributed by atoms with E-state index in [1.165, 1.54) is 12.8 Å². The van der Waals surface area contributed by atoms with Gasteiger partial charge in [0.2, 0.25) is 0 Å². The van der Waals surface area contributed by atoms with Crippen molar-refractivity contribution >= 4 is 0 Å². The van der Waals surface area contributed by atoms with E-state index in [-0.39, 0.29) is 0 Å². The van der Waals surface area contributed by atoms with Crippen molar-refractivity contribution < 1.29 is 5.11 Å². The molecular formula is C10H21NO. The van der Waals surface area contributed by atoms with E-state index in [2.05, 4.69) is 25.8 Å². The molecule has 0 aromatic carbocycles. The van der Waals surface area contributed by atoms with Crippen LogP contribution in [0.15, 0.2) is 0 Å². The Bertz CT molecular complexity index is 134. The lowest BCUT2D eigenvalue weighted by Crippen LogP contribution is -2.35. The fourth-order valence-electron chi connectivity index (χ4n) is 1.65. The molecule has 1 aliphatic rings. The normalized spacial score (nSPS) is 22.8. The van der Waals surface area contributed by atoms with Crippen LogP contribution in [0.5, 0.6) is 0 Å². The third-order valence-electron chi connectivity index (χ3n) is 2.91. The minimum Gasteiger partial charge on any atom is -0.396 e. The van der Waals surface area contributed by atoms with Crippen LogP contribution < -0.4 is 0 Å². The molecule has 2 atom stereocenters. The second-order valence-electron chi connectivity index (χ2n) is 4.31. The van der Waals surface area contributed by atoms with Crippen molar-refractivity contribution in [2.75, 3.05) is 20.2 Å². The standard InChI is InChI=1S/C10H21NO/c1-8(7-12)6-11(3)9(2)10-4-5-10/h8-10,12H,4-7H2,1-3H3. The fourth-order valence-corrected chi connectivity index (χ4v) is 1.65. The van der Waals surface area contributed by atoms with Crippen LogP contribution in [0.2, 0.25) is 0 Å². The van der Waals surface area contributed by atoms with E-state index >= 15 is 0 Å². The third kappa shape index (κ3) is 2.76. The maximum atomic E-state index is 8.89. The molecule has 2 unspecified atom stereocenters. The lowest BCUT2D eigenvalue weighted by atomic mass is 10.1. The van der Waals surface area contributed by atoms with Crippen molar-refractivity contribution in [3.8, 4) is 0 Å². The molecule has 1 N–H and O–H groups in total. The topological polar surface area (TPSA) is 23.5 Å². The number of rotatable bonds is 5. The highest BCUT2D eigenvalue weighted by Crippen LogP contribution is 2.34. The molecule has 0 spiro atoms. The molecular weight excluding hydrogens is 150 g/mol. The van der Waals surface area contributed by atoms with Crippen LogP contribution in [0.3, 0.4) is 0 Å². The lowest BCUT2D eigenvalue weighted by Gasteiger charge is -2.26. The van der Waals surface area contributed by atoms with Crippen molar-refractivity contribution in [2.24, 2.45) is 11.8 Å². The molecule has 1 rings (SSSR count). The van der Waals surface area contributed by atoms with E-state index < -0.39 is 0 Å². The van der Waals surface area contributed by atoms with Crippen LogP contribution in [0, 0.1) is 11.8 Å². The SMILES string of the molecule is CC(CO)CN(C)C(C)C1CC1. The zero-order valence-corrected chi connectivity index (χ0v) is 8.45. The molecule has 1 aliphatic carbocycles. The second kappa shape index (κ2) is 4.24. The van der Waals surface area contributed by atoms with Gasteiger partial charge in [-0.05, 0) is 38.6 Å². The van der Waals surface area contributed by atoms with Gasteiger partial charge in [-0.15, -0.1) is 0 Å². The smallest absolute Gasteiger partial charge is 0.0468 e. The Kier molecular flexibility index (Phi) is 3.53. The van der Waals surface area contributed by atoms with Gasteiger partial charge >= 0.3 is 0 Å². The predicted molar refractivity (Wildman–Crippen MR) is 51.1 cm³/mol. The van der Waals surface area contributed by atoms with Gasteiger partial charge in [0, 0.05) is 19.2 Å². The summed E-state index contributed by atoms with van der Waals surface area (Å²) in [6.07, 6.45) is 2.80. The maximum absolute atomic E-state index is 8.89. The van der Waals surface area contributed by atoms with Gasteiger partial charge in [0.1, 0.15) is 0 Å². The minimum atomic E-state index is 0.307. The van der Waals surface area contributed by atoms with Crippen molar-refractivity contribution in [2.45, 2.75) is 32.7 Å². The Morgan fingerprint density at radius 2 is 2.00 bits per heavy atom. The molecule has 0 amide bonds. The van der Waals surface area contributed by atoms with Crippen LogP contribution >= 0.6 is 0 Å². The van der Waals surface area contributed by atoms with Gasteiger partial charge in [0.15, 0.2) is 0 Å². The first-order valence-corrected chi connectivity index (χ1v) is 4.96. The van der Waals surface area contributed by atoms with Gasteiger partial charge < -0.3 is 10.0 Å². The van der Waals surface area contributed by atoms with Gasteiger partial charge in [-0.1, -0.05) is 6.92 Å². The first-order valence-electron chi connectivity index (χ1n) is 4.96. The maximum Gasteiger partial charge on any atom is 0.0468 e. The second-order valence-corrected chi connectivity index (χ2v) is 4.31. The molecule has 1 saturated carbocycles. The molecule has 0 saturated heterocycles. The van der Waals surface area contributed by atoms with E-state index in [0.29, 0.717) is 18.6 Å². The summed E-state index contributed by atoms with van der Waals surface area (Å²) in [5.74, 6) is 1.34. The molecule has 72 valence electrons. The molecule has 2 nitrogen and oxygen atoms in total. The highest BCUT2D eigenvalue weighted by molar-refractivity contribution is 4.84. The summed E-state index contributed by atoms with van der Waals surface area (Å²) in [5.41, 5.74) is 0. The Hall–Kier alpha value is -0.0800. The number of hydrogen-bond donors (Lipinski definition) is 1. The van der Waals surface area contributed by atoms with Gasteiger partial charge in [-0.3, -0.25) is 0 Å². The van der Waals surface area contributed by atoms with Crippen molar-refractivity contribution in [1.82, 2.24) is 4.90 Å². The highest BCUT2D eigenvalue weighted by atomic mass is 16.3. The molecule has 0 aromatic rings. The Balaban J connectivity index is 2.21. The van der Waals surface area contributed by atoms with Crippen LogP contribution in [0.1, 0.15) is 26.7 Å². The Morgan fingerprint density at radius 3 is 2.42 bits per heavy atom. The summed E-state index contributed by atoms with van der Waals surface area (Å²) in [6, 6.07) is 0.707. The number of aliphatic hydroxyl groups excluding tert-OH is 1. The number of hydrogen-bond acceptors (Lipinski definition) is 2. The average Bonchev–Trinajstić information content (AvgIpc) is 2.85. The predicted octanol–water partition coefficient (Wildman–Crippen LogP) is 1.35. The van der Waals surface area contributed by atoms with E-state index in [0.717, 1.165) is 12.5 Å². The molecule has 0 aliphatic heterocycles. The summed E-state index contributed by atoms with van der Waals surface area (Å²) in [7, 11) is 2.16. The van der Waals surface area contributed by atoms with Gasteiger partial charge in [0.05, 0.1) is 0 Å². The van der Waals surface area contributed by atoms with Crippen LogP contribution in [0.25, 0.3) is 0 Å². The fraction of sp³-hybridized carbons (Fsp3) is 1.00. The zero-order valence-electron chi connectivity index (χ0n) is 8.45. The average molecular weight is 171 g/mol. The minimum absolute atomic E-state index is 0.307. The quantitative estimate of drug-likeness (QED) is 0.675. The van der Waals surface area contributed by atoms with Crippen LogP contribution in [0.4, 0.5) is 0 Å². The molecule has 12 heavy (non-hydrogen) atoms. The Labute approximate surface area is 75.6 Å². The molecule has 2 heteroatoms. The van der Waals surface area contributed by atoms with Crippen molar-refractivity contribution in [3.63, 3.8) is 0 Å². The number of nitrogens with zero attached hydrogens (tertiary/aromatic N) is 1. The molecule has 0 aromatic heterocycles. The molecule has 0 radical (unpaired) electrons. The van der Waals surface area contributed by atoms with Crippen LogP contribution in [-0.2, 0) is 0 Å². The molecule has 0 heterocycles. The van der Waals surface area contributed by atoms with E-state index in [1.54, 1.807) is 0 Å². The van der Waals surface area contributed by atoms with Crippen molar-refractivity contribution in [1.29, 1.82) is 0 Å². The van der Waals surface area contributed by atoms with Gasteiger partial charge in [-0.2, -0.15) is 0 Å². The number of aliphatic hydroxyl groups is 1. The van der Waals surface area contributed by atoms with E-state index in [1.807, 2.05) is 0 Å². The highest BCUT2D eigenvalue weighted by Gasteiger charge is 2.30. The van der Waals surface area contributed by atoms with E-state index in [9.17, 15) is 0 Å². The summed E-state index contributed by atoms with van der Waals surface area (Å²) < 4.78 is 0. The van der Waals surface area contributed by atoms with Crippen molar-refractivity contribution in [3.05, 3.63) is 0 Å². The summed E-state index contributed by atoms with van der Waals surface area (Å²) in [5, 5.41) is 8.89. The summed E-state index contributed by atoms with van der Waals surface area (Å²) in [4.78, 5) is 2.37. The lowest BCUT2D eigenvalue weighted by molar-refractivity contribution is 0.158. The monoisotopic (exact) mass is 171 g/mol. The van der Waals surface area contributed by atoms with Gasteiger partial charge in [0.25, 0.3) is 0 Å². The summed E-state index contributed by atoms with van der Waals surface area (Å²) >= 11 is 0. The Morgan fingerprint density at radius 1 is 1.42 bits per heavy atom.